The Bertz CT molecular complexity index is 540. The highest BCUT2D eigenvalue weighted by molar-refractivity contribution is 5.70. The van der Waals surface area contributed by atoms with E-state index in [1.54, 1.807) is 0 Å². The molecule has 3 heteroatoms. The molecule has 1 atom stereocenters. The summed E-state index contributed by atoms with van der Waals surface area (Å²) in [5.41, 5.74) is 2.30. The van der Waals surface area contributed by atoms with Crippen molar-refractivity contribution < 1.29 is 9.53 Å². The molecule has 2 rings (SSSR count). The van der Waals surface area contributed by atoms with Crippen molar-refractivity contribution >= 4 is 5.97 Å². The number of nitrogens with one attached hydrogen (secondary N) is 1. The SMILES string of the molecule is CCOC(=O)CC(NCc1ccccc1)c1ccccc1. The van der Waals surface area contributed by atoms with Gasteiger partial charge in [0.25, 0.3) is 0 Å². The van der Waals surface area contributed by atoms with E-state index >= 15 is 0 Å². The van der Waals surface area contributed by atoms with E-state index in [1.807, 2.05) is 55.5 Å². The van der Waals surface area contributed by atoms with E-state index in [4.69, 9.17) is 4.74 Å². The molecular weight excluding hydrogens is 262 g/mol. The minimum absolute atomic E-state index is 0.0366. The van der Waals surface area contributed by atoms with Crippen LogP contribution in [-0.4, -0.2) is 12.6 Å². The topological polar surface area (TPSA) is 38.3 Å². The van der Waals surface area contributed by atoms with Crippen LogP contribution in [0.5, 0.6) is 0 Å². The maximum Gasteiger partial charge on any atom is 0.307 e. The largest absolute Gasteiger partial charge is 0.466 e. The molecule has 0 heterocycles. The van der Waals surface area contributed by atoms with Gasteiger partial charge in [0.15, 0.2) is 0 Å². The summed E-state index contributed by atoms with van der Waals surface area (Å²) in [6.45, 7) is 2.96. The number of esters is 1. The van der Waals surface area contributed by atoms with E-state index < -0.39 is 0 Å². The molecule has 0 aliphatic heterocycles. The van der Waals surface area contributed by atoms with E-state index in [2.05, 4.69) is 17.4 Å². The summed E-state index contributed by atoms with van der Waals surface area (Å²) in [5, 5.41) is 3.44. The van der Waals surface area contributed by atoms with Crippen molar-refractivity contribution in [1.82, 2.24) is 5.32 Å². The highest BCUT2D eigenvalue weighted by Gasteiger charge is 2.16. The lowest BCUT2D eigenvalue weighted by Gasteiger charge is -2.18. The first-order chi connectivity index (χ1) is 10.3. The van der Waals surface area contributed by atoms with E-state index in [0.29, 0.717) is 13.0 Å². The molecule has 0 amide bonds. The molecule has 0 spiro atoms. The van der Waals surface area contributed by atoms with Crippen molar-refractivity contribution in [2.24, 2.45) is 0 Å². The van der Waals surface area contributed by atoms with Gasteiger partial charge in [-0.15, -0.1) is 0 Å². The van der Waals surface area contributed by atoms with Crippen LogP contribution in [0.4, 0.5) is 0 Å². The van der Waals surface area contributed by atoms with Crippen LogP contribution < -0.4 is 5.32 Å². The summed E-state index contributed by atoms with van der Waals surface area (Å²) in [4.78, 5) is 11.8. The van der Waals surface area contributed by atoms with Gasteiger partial charge in [0.1, 0.15) is 0 Å². The predicted molar refractivity (Wildman–Crippen MR) is 83.7 cm³/mol. The number of benzene rings is 2. The minimum atomic E-state index is -0.174. The second-order valence-electron chi connectivity index (χ2n) is 4.84. The zero-order chi connectivity index (χ0) is 14.9. The summed E-state index contributed by atoms with van der Waals surface area (Å²) < 4.78 is 5.07. The van der Waals surface area contributed by atoms with Gasteiger partial charge in [-0.1, -0.05) is 60.7 Å². The second-order valence-corrected chi connectivity index (χ2v) is 4.84. The Morgan fingerprint density at radius 2 is 1.67 bits per heavy atom. The van der Waals surface area contributed by atoms with Crippen molar-refractivity contribution in [2.75, 3.05) is 6.61 Å². The molecule has 3 nitrogen and oxygen atoms in total. The smallest absolute Gasteiger partial charge is 0.307 e. The fraction of sp³-hybridized carbons (Fsp3) is 0.278. The molecule has 0 saturated carbocycles. The molecule has 21 heavy (non-hydrogen) atoms. The molecule has 0 aliphatic carbocycles. The van der Waals surface area contributed by atoms with Crippen molar-refractivity contribution in [1.29, 1.82) is 0 Å². The standard InChI is InChI=1S/C18H21NO2/c1-2-21-18(20)13-17(16-11-7-4-8-12-16)19-14-15-9-5-3-6-10-15/h3-12,17,19H,2,13-14H2,1H3. The van der Waals surface area contributed by atoms with Crippen LogP contribution in [0.25, 0.3) is 0 Å². The third-order valence-electron chi connectivity index (χ3n) is 3.27. The van der Waals surface area contributed by atoms with E-state index in [0.717, 1.165) is 12.1 Å². The maximum atomic E-state index is 11.8. The van der Waals surface area contributed by atoms with Crippen LogP contribution in [0.15, 0.2) is 60.7 Å². The van der Waals surface area contributed by atoms with Crippen LogP contribution in [-0.2, 0) is 16.1 Å². The van der Waals surface area contributed by atoms with Gasteiger partial charge in [-0.2, -0.15) is 0 Å². The van der Waals surface area contributed by atoms with Crippen molar-refractivity contribution in [2.45, 2.75) is 25.9 Å². The number of carbonyl (C=O) groups excluding carboxylic acids is 1. The molecule has 1 unspecified atom stereocenters. The quantitative estimate of drug-likeness (QED) is 0.791. The molecule has 0 radical (unpaired) electrons. The fourth-order valence-electron chi connectivity index (χ4n) is 2.22. The van der Waals surface area contributed by atoms with Crippen LogP contribution in [0.3, 0.4) is 0 Å². The second kappa shape index (κ2) is 8.22. The van der Waals surface area contributed by atoms with Crippen molar-refractivity contribution in [3.05, 3.63) is 71.8 Å². The third-order valence-corrected chi connectivity index (χ3v) is 3.27. The molecular formula is C18H21NO2. The summed E-state index contributed by atoms with van der Waals surface area (Å²) in [6, 6.07) is 20.1. The van der Waals surface area contributed by atoms with E-state index in [-0.39, 0.29) is 12.0 Å². The first-order valence-corrected chi connectivity index (χ1v) is 7.27. The Morgan fingerprint density at radius 3 is 2.29 bits per heavy atom. The molecule has 0 aromatic heterocycles. The van der Waals surface area contributed by atoms with Gasteiger partial charge < -0.3 is 10.1 Å². The zero-order valence-electron chi connectivity index (χ0n) is 12.3. The minimum Gasteiger partial charge on any atom is -0.466 e. The first kappa shape index (κ1) is 15.3. The predicted octanol–water partition coefficient (Wildman–Crippen LogP) is 3.47. The molecule has 0 bridgehead atoms. The fourth-order valence-corrected chi connectivity index (χ4v) is 2.22. The van der Waals surface area contributed by atoms with Gasteiger partial charge in [-0.05, 0) is 18.1 Å². The lowest BCUT2D eigenvalue weighted by molar-refractivity contribution is -0.143. The summed E-state index contributed by atoms with van der Waals surface area (Å²) in [6.07, 6.45) is 0.338. The number of hydrogen-bond donors (Lipinski definition) is 1. The van der Waals surface area contributed by atoms with Crippen LogP contribution in [0, 0.1) is 0 Å². The summed E-state index contributed by atoms with van der Waals surface area (Å²) >= 11 is 0. The van der Waals surface area contributed by atoms with Gasteiger partial charge in [0.05, 0.1) is 13.0 Å². The summed E-state index contributed by atoms with van der Waals surface area (Å²) in [7, 11) is 0. The van der Waals surface area contributed by atoms with Gasteiger partial charge in [0, 0.05) is 12.6 Å². The van der Waals surface area contributed by atoms with Gasteiger partial charge in [0.2, 0.25) is 0 Å². The normalized spacial score (nSPS) is 11.9. The average molecular weight is 283 g/mol. The van der Waals surface area contributed by atoms with E-state index in [9.17, 15) is 4.79 Å². The lowest BCUT2D eigenvalue weighted by Crippen LogP contribution is -2.24. The number of ether oxygens (including phenoxy) is 1. The molecule has 0 saturated heterocycles. The Balaban J connectivity index is 2.03. The first-order valence-electron chi connectivity index (χ1n) is 7.27. The number of carbonyl (C=O) groups is 1. The molecule has 2 aromatic carbocycles. The maximum absolute atomic E-state index is 11.8. The molecule has 0 fully saturated rings. The Labute approximate surface area is 126 Å². The monoisotopic (exact) mass is 283 g/mol. The van der Waals surface area contributed by atoms with Crippen LogP contribution in [0.2, 0.25) is 0 Å². The highest BCUT2D eigenvalue weighted by atomic mass is 16.5. The highest BCUT2D eigenvalue weighted by Crippen LogP contribution is 2.18. The molecule has 2 aromatic rings. The number of hydrogen-bond acceptors (Lipinski definition) is 3. The van der Waals surface area contributed by atoms with Gasteiger partial charge in [-0.3, -0.25) is 4.79 Å². The third kappa shape index (κ3) is 5.04. The summed E-state index contributed by atoms with van der Waals surface area (Å²) in [5.74, 6) is -0.174. The van der Waals surface area contributed by atoms with Gasteiger partial charge in [-0.25, -0.2) is 0 Å². The Kier molecular flexibility index (Phi) is 5.98. The Morgan fingerprint density at radius 1 is 1.05 bits per heavy atom. The van der Waals surface area contributed by atoms with Gasteiger partial charge >= 0.3 is 5.97 Å². The average Bonchev–Trinajstić information content (AvgIpc) is 2.53. The number of rotatable bonds is 7. The zero-order valence-corrected chi connectivity index (χ0v) is 12.3. The van der Waals surface area contributed by atoms with E-state index in [1.165, 1.54) is 5.56 Å². The Hall–Kier alpha value is -2.13. The van der Waals surface area contributed by atoms with Crippen LogP contribution in [0.1, 0.15) is 30.5 Å². The van der Waals surface area contributed by atoms with Crippen molar-refractivity contribution in [3.8, 4) is 0 Å². The molecule has 1 N–H and O–H groups in total. The molecule has 0 aliphatic rings. The lowest BCUT2D eigenvalue weighted by atomic mass is 10.0. The van der Waals surface area contributed by atoms with Crippen LogP contribution >= 0.6 is 0 Å². The molecule has 110 valence electrons. The van der Waals surface area contributed by atoms with Crippen molar-refractivity contribution in [3.63, 3.8) is 0 Å².